The Balaban J connectivity index is 1.17. The number of benzene rings is 3. The minimum Gasteiger partial charge on any atom is -0.369 e. The number of nitrogens with one attached hydrogen (secondary N) is 2. The molecule has 0 radical (unpaired) electrons. The topological polar surface area (TPSA) is 112 Å². The summed E-state index contributed by atoms with van der Waals surface area (Å²) in [5.74, 6) is -1.32. The van der Waals surface area contributed by atoms with Gasteiger partial charge in [0, 0.05) is 67.1 Å². The molecular weight excluding hydrogens is 554 g/mol. The van der Waals surface area contributed by atoms with Crippen LogP contribution in [0.2, 0.25) is 0 Å². The highest BCUT2D eigenvalue weighted by molar-refractivity contribution is 6.15. The summed E-state index contributed by atoms with van der Waals surface area (Å²) >= 11 is 0. The first-order chi connectivity index (χ1) is 21.3. The van der Waals surface area contributed by atoms with E-state index in [0.29, 0.717) is 40.3 Å². The third-order valence-electron chi connectivity index (χ3n) is 8.10. The number of rotatable bonds is 8. The molecule has 2 N–H and O–H groups in total. The monoisotopic (exact) mass is 589 g/mol. The van der Waals surface area contributed by atoms with Crippen molar-refractivity contribution < 1.29 is 14.4 Å². The number of ketones is 1. The lowest BCUT2D eigenvalue weighted by atomic mass is 9.96. The number of hydrogen-bond donors (Lipinski definition) is 2. The Morgan fingerprint density at radius 2 is 1.75 bits per heavy atom. The van der Waals surface area contributed by atoms with Crippen LogP contribution in [0.4, 0.5) is 22.7 Å². The minimum atomic E-state index is -0.618. The highest BCUT2D eigenvalue weighted by atomic mass is 16.2. The van der Waals surface area contributed by atoms with Gasteiger partial charge in [0.15, 0.2) is 5.78 Å². The Hall–Kier alpha value is -5.09. The standard InChI is InChI=1S/C34H35N7O3/c1-4-41-31(18-22(2)38-41)34(44)36-26-7-5-6-23(19-26)32(42)24-8-13-30-28(20-24)29(33(43)37-30)21-35-25-9-11-27(12-10-25)40-16-14-39(3)15-17-40/h5-13,18-21,29H,4,14-17H2,1-3H3,(H,36,44)(H,37,43). The van der Waals surface area contributed by atoms with E-state index in [1.807, 2.05) is 26.0 Å². The van der Waals surface area contributed by atoms with Crippen LogP contribution in [0.25, 0.3) is 0 Å². The van der Waals surface area contributed by atoms with Crippen LogP contribution in [0.3, 0.4) is 0 Å². The first kappa shape index (κ1) is 29.0. The van der Waals surface area contributed by atoms with E-state index in [-0.39, 0.29) is 17.6 Å². The molecule has 44 heavy (non-hydrogen) atoms. The molecule has 0 spiro atoms. The second-order valence-electron chi connectivity index (χ2n) is 11.2. The molecule has 1 atom stereocenters. The number of aromatic nitrogens is 2. The number of carbonyl (C=O) groups excluding carboxylic acids is 3. The van der Waals surface area contributed by atoms with Gasteiger partial charge in [0.1, 0.15) is 11.6 Å². The highest BCUT2D eigenvalue weighted by Gasteiger charge is 2.30. The van der Waals surface area contributed by atoms with Crippen LogP contribution in [-0.4, -0.2) is 71.7 Å². The molecule has 2 amide bonds. The number of nitrogens with zero attached hydrogens (tertiary/aromatic N) is 5. The van der Waals surface area contributed by atoms with Gasteiger partial charge in [-0.3, -0.25) is 24.1 Å². The Morgan fingerprint density at radius 1 is 1.00 bits per heavy atom. The summed E-state index contributed by atoms with van der Waals surface area (Å²) in [7, 11) is 2.14. The molecule has 0 bridgehead atoms. The average molecular weight is 590 g/mol. The van der Waals surface area contributed by atoms with Crippen molar-refractivity contribution in [1.29, 1.82) is 0 Å². The van der Waals surface area contributed by atoms with E-state index < -0.39 is 5.92 Å². The fourth-order valence-electron chi connectivity index (χ4n) is 5.62. The number of amides is 2. The van der Waals surface area contributed by atoms with Crippen molar-refractivity contribution in [3.05, 3.63) is 101 Å². The van der Waals surface area contributed by atoms with Crippen molar-refractivity contribution in [1.82, 2.24) is 14.7 Å². The molecule has 1 fully saturated rings. The normalized spacial score (nSPS) is 16.7. The average Bonchev–Trinajstić information content (AvgIpc) is 3.58. The quantitative estimate of drug-likeness (QED) is 0.224. The van der Waals surface area contributed by atoms with Crippen molar-refractivity contribution in [3.63, 3.8) is 0 Å². The fourth-order valence-corrected chi connectivity index (χ4v) is 5.62. The summed E-state index contributed by atoms with van der Waals surface area (Å²) < 4.78 is 1.64. The van der Waals surface area contributed by atoms with Gasteiger partial charge in [-0.2, -0.15) is 5.10 Å². The zero-order chi connectivity index (χ0) is 30.8. The van der Waals surface area contributed by atoms with Gasteiger partial charge >= 0.3 is 0 Å². The van der Waals surface area contributed by atoms with Crippen LogP contribution in [-0.2, 0) is 11.3 Å². The van der Waals surface area contributed by atoms with Gasteiger partial charge in [-0.25, -0.2) is 0 Å². The lowest BCUT2D eigenvalue weighted by Gasteiger charge is -2.34. The number of aryl methyl sites for hydroxylation is 2. The summed E-state index contributed by atoms with van der Waals surface area (Å²) in [5.41, 5.74) is 5.86. The largest absolute Gasteiger partial charge is 0.369 e. The van der Waals surface area contributed by atoms with Gasteiger partial charge in [-0.05, 0) is 87.1 Å². The van der Waals surface area contributed by atoms with E-state index in [4.69, 9.17) is 0 Å². The molecule has 6 rings (SSSR count). The number of likely N-dealkylation sites (N-methyl/N-ethyl adjacent to an activating group) is 1. The Morgan fingerprint density at radius 3 is 2.50 bits per heavy atom. The van der Waals surface area contributed by atoms with Gasteiger partial charge in [-0.15, -0.1) is 0 Å². The molecule has 1 unspecified atom stereocenters. The van der Waals surface area contributed by atoms with Crippen molar-refractivity contribution >= 4 is 46.6 Å². The second-order valence-corrected chi connectivity index (χ2v) is 11.2. The summed E-state index contributed by atoms with van der Waals surface area (Å²) in [6, 6.07) is 21.8. The van der Waals surface area contributed by atoms with Crippen LogP contribution < -0.4 is 15.5 Å². The number of aliphatic imine (C=N–C) groups is 1. The van der Waals surface area contributed by atoms with Crippen molar-refractivity contribution in [2.45, 2.75) is 26.3 Å². The third kappa shape index (κ3) is 6.02. The van der Waals surface area contributed by atoms with Gasteiger partial charge in [-0.1, -0.05) is 12.1 Å². The second kappa shape index (κ2) is 12.3. The highest BCUT2D eigenvalue weighted by Crippen LogP contribution is 2.33. The van der Waals surface area contributed by atoms with Crippen LogP contribution in [0.15, 0.2) is 77.8 Å². The minimum absolute atomic E-state index is 0.186. The smallest absolute Gasteiger partial charge is 0.273 e. The lowest BCUT2D eigenvalue weighted by molar-refractivity contribution is -0.115. The molecule has 3 heterocycles. The predicted octanol–water partition coefficient (Wildman–Crippen LogP) is 4.88. The molecule has 224 valence electrons. The molecule has 0 saturated carbocycles. The van der Waals surface area contributed by atoms with E-state index in [0.717, 1.165) is 43.2 Å². The van der Waals surface area contributed by atoms with E-state index in [2.05, 4.69) is 49.7 Å². The molecule has 10 nitrogen and oxygen atoms in total. The molecule has 4 aromatic rings. The molecule has 1 saturated heterocycles. The van der Waals surface area contributed by atoms with Gasteiger partial charge in [0.25, 0.3) is 5.91 Å². The first-order valence-corrected chi connectivity index (χ1v) is 14.8. The van der Waals surface area contributed by atoms with E-state index in [1.165, 1.54) is 0 Å². The zero-order valence-corrected chi connectivity index (χ0v) is 25.1. The molecule has 2 aliphatic rings. The van der Waals surface area contributed by atoms with Crippen LogP contribution >= 0.6 is 0 Å². The fraction of sp³-hybridized carbons (Fsp3) is 0.265. The first-order valence-electron chi connectivity index (χ1n) is 14.8. The maximum absolute atomic E-state index is 13.5. The maximum Gasteiger partial charge on any atom is 0.273 e. The third-order valence-corrected chi connectivity index (χ3v) is 8.10. The molecule has 10 heteroatoms. The molecule has 2 aliphatic heterocycles. The van der Waals surface area contributed by atoms with E-state index in [9.17, 15) is 14.4 Å². The number of carbonyl (C=O) groups is 3. The van der Waals surface area contributed by atoms with Gasteiger partial charge in [0.2, 0.25) is 5.91 Å². The zero-order valence-electron chi connectivity index (χ0n) is 25.1. The van der Waals surface area contributed by atoms with Crippen LogP contribution in [0, 0.1) is 6.92 Å². The summed E-state index contributed by atoms with van der Waals surface area (Å²) in [6.07, 6.45) is 1.64. The van der Waals surface area contributed by atoms with Gasteiger partial charge < -0.3 is 20.4 Å². The molecule has 1 aromatic heterocycles. The SMILES string of the molecule is CCn1nc(C)cc1C(=O)Nc1cccc(C(=O)c2ccc3c(c2)C(C=Nc2ccc(N4CCN(C)CC4)cc2)C(=O)N3)c1. The number of piperazine rings is 1. The molecular formula is C34H35N7O3. The number of hydrogen-bond acceptors (Lipinski definition) is 7. The molecule has 0 aliphatic carbocycles. The summed E-state index contributed by atoms with van der Waals surface area (Å²) in [6.45, 7) is 8.38. The predicted molar refractivity (Wildman–Crippen MR) is 173 cm³/mol. The number of anilines is 3. The Bertz CT molecular complexity index is 1750. The van der Waals surface area contributed by atoms with Crippen molar-refractivity contribution in [2.75, 3.05) is 48.8 Å². The van der Waals surface area contributed by atoms with Crippen LogP contribution in [0.5, 0.6) is 0 Å². The summed E-state index contributed by atoms with van der Waals surface area (Å²) in [5, 5.41) is 10.1. The number of fused-ring (bicyclic) bond motifs is 1. The van der Waals surface area contributed by atoms with Crippen LogP contribution in [0.1, 0.15) is 50.5 Å². The lowest BCUT2D eigenvalue weighted by Crippen LogP contribution is -2.44. The van der Waals surface area contributed by atoms with Gasteiger partial charge in [0.05, 0.1) is 11.4 Å². The summed E-state index contributed by atoms with van der Waals surface area (Å²) in [4.78, 5) is 48.6. The maximum atomic E-state index is 13.5. The molecule has 3 aromatic carbocycles. The Kier molecular flexibility index (Phi) is 8.08. The van der Waals surface area contributed by atoms with Crippen molar-refractivity contribution in [2.24, 2.45) is 4.99 Å². The van der Waals surface area contributed by atoms with E-state index >= 15 is 0 Å². The van der Waals surface area contributed by atoms with E-state index in [1.54, 1.807) is 59.4 Å². The van der Waals surface area contributed by atoms with Crippen molar-refractivity contribution in [3.8, 4) is 0 Å². The Labute approximate surface area is 256 Å².